The first-order chi connectivity index (χ1) is 8.49. The maximum Gasteiger partial charge on any atom is 0.226 e. The van der Waals surface area contributed by atoms with E-state index < -0.39 is 0 Å². The number of hydrogen-bond donors (Lipinski definition) is 0. The van der Waals surface area contributed by atoms with Crippen molar-refractivity contribution in [1.29, 1.82) is 0 Å². The van der Waals surface area contributed by atoms with Crippen molar-refractivity contribution < 1.29 is 8.81 Å². The summed E-state index contributed by atoms with van der Waals surface area (Å²) in [4.78, 5) is 4.29. The van der Waals surface area contributed by atoms with E-state index in [-0.39, 0.29) is 11.7 Å². The van der Waals surface area contributed by atoms with Crippen LogP contribution in [0.25, 0.3) is 11.5 Å². The van der Waals surface area contributed by atoms with Gasteiger partial charge in [0.25, 0.3) is 0 Å². The highest BCUT2D eigenvalue weighted by Crippen LogP contribution is 2.30. The molecule has 1 aromatic carbocycles. The van der Waals surface area contributed by atoms with Crippen LogP contribution in [-0.2, 0) is 0 Å². The van der Waals surface area contributed by atoms with Crippen LogP contribution in [0.15, 0.2) is 28.8 Å². The smallest absolute Gasteiger partial charge is 0.226 e. The Morgan fingerprint density at radius 3 is 2.39 bits per heavy atom. The van der Waals surface area contributed by atoms with Crippen LogP contribution in [0.3, 0.4) is 0 Å². The van der Waals surface area contributed by atoms with E-state index in [2.05, 4.69) is 18.8 Å². The molecule has 1 aromatic heterocycles. The van der Waals surface area contributed by atoms with Crippen molar-refractivity contribution in [3.05, 3.63) is 41.5 Å². The lowest BCUT2D eigenvalue weighted by atomic mass is 9.97. The van der Waals surface area contributed by atoms with Gasteiger partial charge in [-0.1, -0.05) is 27.7 Å². The topological polar surface area (TPSA) is 26.0 Å². The summed E-state index contributed by atoms with van der Waals surface area (Å²) < 4.78 is 19.0. The minimum absolute atomic E-state index is 0.224. The first kappa shape index (κ1) is 12.8. The van der Waals surface area contributed by atoms with Gasteiger partial charge < -0.3 is 4.42 Å². The fourth-order valence-electron chi connectivity index (χ4n) is 1.88. The zero-order valence-electron chi connectivity index (χ0n) is 11.2. The van der Waals surface area contributed by atoms with Crippen LogP contribution >= 0.6 is 0 Å². The van der Waals surface area contributed by atoms with E-state index in [1.807, 2.05) is 13.8 Å². The number of aromatic nitrogens is 1. The Kier molecular flexibility index (Phi) is 3.50. The van der Waals surface area contributed by atoms with Gasteiger partial charge in [0, 0.05) is 11.5 Å². The molecule has 0 aliphatic carbocycles. The molecule has 96 valence electrons. The Bertz CT molecular complexity index is 543. The Morgan fingerprint density at radius 2 is 1.83 bits per heavy atom. The second kappa shape index (κ2) is 4.92. The third-order valence-electron chi connectivity index (χ3n) is 2.96. The molecule has 2 aromatic rings. The zero-order valence-corrected chi connectivity index (χ0v) is 11.2. The molecule has 0 saturated carbocycles. The summed E-state index contributed by atoms with van der Waals surface area (Å²) in [7, 11) is 0. The molecule has 0 amide bonds. The van der Waals surface area contributed by atoms with E-state index in [4.69, 9.17) is 4.42 Å². The minimum Gasteiger partial charge on any atom is -0.441 e. The number of oxazole rings is 1. The highest BCUT2D eigenvalue weighted by molar-refractivity contribution is 5.59. The monoisotopic (exact) mass is 247 g/mol. The molecule has 3 heteroatoms. The maximum atomic E-state index is 13.3. The molecule has 0 N–H and O–H groups in total. The van der Waals surface area contributed by atoms with Crippen LogP contribution in [0, 0.1) is 5.82 Å². The van der Waals surface area contributed by atoms with Crippen molar-refractivity contribution in [3.8, 4) is 11.5 Å². The van der Waals surface area contributed by atoms with Crippen molar-refractivity contribution in [3.63, 3.8) is 0 Å². The van der Waals surface area contributed by atoms with Crippen molar-refractivity contribution in [1.82, 2.24) is 4.98 Å². The average molecular weight is 247 g/mol. The lowest BCUT2D eigenvalue weighted by Crippen LogP contribution is -1.94. The normalized spacial score (nSPS) is 11.5. The van der Waals surface area contributed by atoms with E-state index in [1.165, 1.54) is 6.07 Å². The largest absolute Gasteiger partial charge is 0.441 e. The van der Waals surface area contributed by atoms with Crippen molar-refractivity contribution in [2.75, 3.05) is 0 Å². The molecule has 0 aliphatic heterocycles. The first-order valence-corrected chi connectivity index (χ1v) is 6.24. The molecule has 0 spiro atoms. The Morgan fingerprint density at radius 1 is 1.11 bits per heavy atom. The maximum absolute atomic E-state index is 13.3. The number of hydrogen-bond acceptors (Lipinski definition) is 2. The molecular formula is C15H18FNO. The predicted octanol–water partition coefficient (Wildman–Crippen LogP) is 4.73. The zero-order chi connectivity index (χ0) is 13.3. The molecular weight excluding hydrogens is 229 g/mol. The van der Waals surface area contributed by atoms with Crippen molar-refractivity contribution in [2.45, 2.75) is 39.5 Å². The van der Waals surface area contributed by atoms with Gasteiger partial charge in [-0.3, -0.25) is 0 Å². The van der Waals surface area contributed by atoms with Gasteiger partial charge in [-0.15, -0.1) is 0 Å². The third kappa shape index (κ3) is 2.45. The average Bonchev–Trinajstić information content (AvgIpc) is 2.78. The fourth-order valence-corrected chi connectivity index (χ4v) is 1.88. The Balaban J connectivity index is 2.49. The number of rotatable bonds is 3. The summed E-state index contributed by atoms with van der Waals surface area (Å²) >= 11 is 0. The van der Waals surface area contributed by atoms with E-state index in [0.717, 1.165) is 16.9 Å². The highest BCUT2D eigenvalue weighted by atomic mass is 19.1. The Labute approximate surface area is 107 Å². The van der Waals surface area contributed by atoms with Crippen LogP contribution in [-0.4, -0.2) is 4.98 Å². The molecule has 0 saturated heterocycles. The van der Waals surface area contributed by atoms with Gasteiger partial charge in [-0.05, 0) is 29.7 Å². The molecule has 2 rings (SSSR count). The van der Waals surface area contributed by atoms with Gasteiger partial charge in [-0.25, -0.2) is 9.37 Å². The second-order valence-electron chi connectivity index (χ2n) is 5.11. The summed E-state index contributed by atoms with van der Waals surface area (Å²) in [5.74, 6) is 1.73. The molecule has 0 aliphatic rings. The molecule has 0 unspecified atom stereocenters. The van der Waals surface area contributed by atoms with E-state index in [0.29, 0.717) is 11.8 Å². The molecule has 0 fully saturated rings. The summed E-state index contributed by atoms with van der Waals surface area (Å²) in [6, 6.07) is 4.74. The Hall–Kier alpha value is -1.64. The van der Waals surface area contributed by atoms with Crippen LogP contribution in [0.4, 0.5) is 4.39 Å². The second-order valence-corrected chi connectivity index (χ2v) is 5.11. The van der Waals surface area contributed by atoms with Crippen LogP contribution in [0.2, 0.25) is 0 Å². The van der Waals surface area contributed by atoms with Gasteiger partial charge in [0.1, 0.15) is 11.6 Å². The molecule has 0 atom stereocenters. The van der Waals surface area contributed by atoms with Gasteiger partial charge in [-0.2, -0.15) is 0 Å². The third-order valence-corrected chi connectivity index (χ3v) is 2.96. The van der Waals surface area contributed by atoms with Crippen LogP contribution in [0.1, 0.15) is 50.9 Å². The summed E-state index contributed by atoms with van der Waals surface area (Å²) in [5, 5.41) is 0. The molecule has 1 heterocycles. The van der Waals surface area contributed by atoms with Crippen LogP contribution < -0.4 is 0 Å². The van der Waals surface area contributed by atoms with Crippen molar-refractivity contribution >= 4 is 0 Å². The predicted molar refractivity (Wildman–Crippen MR) is 70.1 cm³/mol. The summed E-state index contributed by atoms with van der Waals surface area (Å²) in [6.45, 7) is 8.17. The van der Waals surface area contributed by atoms with E-state index in [9.17, 15) is 4.39 Å². The van der Waals surface area contributed by atoms with E-state index in [1.54, 1.807) is 18.3 Å². The number of nitrogens with zero attached hydrogens (tertiary/aromatic N) is 1. The lowest BCUT2D eigenvalue weighted by Gasteiger charge is -2.10. The quantitative estimate of drug-likeness (QED) is 0.783. The fraction of sp³-hybridized carbons (Fsp3) is 0.400. The highest BCUT2D eigenvalue weighted by Gasteiger charge is 2.15. The summed E-state index contributed by atoms with van der Waals surface area (Å²) in [5.41, 5.74) is 1.80. The van der Waals surface area contributed by atoms with Crippen molar-refractivity contribution in [2.24, 2.45) is 0 Å². The van der Waals surface area contributed by atoms with Gasteiger partial charge in [0.05, 0.1) is 6.20 Å². The molecule has 18 heavy (non-hydrogen) atoms. The molecule has 2 nitrogen and oxygen atoms in total. The van der Waals surface area contributed by atoms with E-state index >= 15 is 0 Å². The molecule has 0 bridgehead atoms. The number of halogens is 1. The van der Waals surface area contributed by atoms with Gasteiger partial charge >= 0.3 is 0 Å². The number of benzene rings is 1. The SMILES string of the molecule is CC(C)c1cnc(-c2ccc(F)cc2C(C)C)o1. The molecule has 0 radical (unpaired) electrons. The van der Waals surface area contributed by atoms with Gasteiger partial charge in [0.2, 0.25) is 5.89 Å². The van der Waals surface area contributed by atoms with Gasteiger partial charge in [0.15, 0.2) is 0 Å². The lowest BCUT2D eigenvalue weighted by molar-refractivity contribution is 0.494. The van der Waals surface area contributed by atoms with Crippen LogP contribution in [0.5, 0.6) is 0 Å². The summed E-state index contributed by atoms with van der Waals surface area (Å²) in [6.07, 6.45) is 1.74. The minimum atomic E-state index is -0.224. The standard InChI is InChI=1S/C15H18FNO/c1-9(2)13-7-11(16)5-6-12(13)15-17-8-14(18-15)10(3)4/h5-10H,1-4H3. The first-order valence-electron chi connectivity index (χ1n) is 6.24.